The normalized spacial score (nSPS) is 16.9. The van der Waals surface area contributed by atoms with Crippen molar-refractivity contribution in [1.82, 2.24) is 24.4 Å². The lowest BCUT2D eigenvalue weighted by atomic mass is 10.0. The number of pyridine rings is 2. The number of carboxylic acids is 1. The third kappa shape index (κ3) is 5.64. The molecular weight excluding hydrogens is 633 g/mol. The number of ether oxygens (including phenoxy) is 1. The molecule has 1 aromatic carbocycles. The summed E-state index contributed by atoms with van der Waals surface area (Å²) in [5.74, 6) is 0.154. The predicted molar refractivity (Wildman–Crippen MR) is 175 cm³/mol. The van der Waals surface area contributed by atoms with Crippen LogP contribution >= 0.6 is 22.9 Å². The Morgan fingerprint density at radius 2 is 2.09 bits per heavy atom. The van der Waals surface area contributed by atoms with Gasteiger partial charge in [-0.15, -0.1) is 11.3 Å². The van der Waals surface area contributed by atoms with Crippen molar-refractivity contribution < 1.29 is 19.0 Å². The molecule has 1 fully saturated rings. The number of piperidine rings is 1. The van der Waals surface area contributed by atoms with Gasteiger partial charge in [0.15, 0.2) is 5.82 Å². The van der Waals surface area contributed by atoms with Crippen molar-refractivity contribution in [3.8, 4) is 22.9 Å². The minimum absolute atomic E-state index is 0.0699. The predicted octanol–water partition coefficient (Wildman–Crippen LogP) is 5.16. The molecule has 1 aliphatic heterocycles. The monoisotopic (exact) mass is 661 g/mol. The van der Waals surface area contributed by atoms with Gasteiger partial charge in [0, 0.05) is 54.1 Å². The van der Waals surface area contributed by atoms with E-state index < -0.39 is 23.7 Å². The Morgan fingerprint density at radius 3 is 2.83 bits per heavy atom. The van der Waals surface area contributed by atoms with Crippen LogP contribution in [0.3, 0.4) is 0 Å². The molecule has 0 aliphatic carbocycles. The lowest BCUT2D eigenvalue weighted by Crippen LogP contribution is -2.50. The molecule has 2 atom stereocenters. The molecule has 0 amide bonds. The third-order valence-corrected chi connectivity index (χ3v) is 9.55. The Kier molecular flexibility index (Phi) is 8.61. The van der Waals surface area contributed by atoms with Crippen molar-refractivity contribution in [1.29, 1.82) is 5.26 Å². The van der Waals surface area contributed by atoms with Gasteiger partial charge < -0.3 is 19.6 Å². The molecule has 0 spiro atoms. The standard InChI is InChI=1S/C32H29ClFN7O4S/c1-17-38-28-26(18(13-35)14-37-30(28)40(3)24-7-9-39(2)15-23(24)34)31(42)41(17)10-11-45-25-5-4-19(33)12-21(25)20-6-8-36-27-22(32(43)44)16-46-29(20)27/h4-6,8,12,14,16,23-24H,7,9-11,15H2,1-3H3,(H,43,44). The van der Waals surface area contributed by atoms with Crippen LogP contribution in [0.5, 0.6) is 5.75 Å². The number of benzene rings is 1. The second-order valence-corrected chi connectivity index (χ2v) is 12.5. The van der Waals surface area contributed by atoms with Gasteiger partial charge >= 0.3 is 5.97 Å². The maximum Gasteiger partial charge on any atom is 0.338 e. The Labute approximate surface area is 272 Å². The van der Waals surface area contributed by atoms with Crippen LogP contribution < -0.4 is 15.2 Å². The quantitative estimate of drug-likeness (QED) is 0.237. The van der Waals surface area contributed by atoms with Gasteiger partial charge in [-0.1, -0.05) is 11.6 Å². The summed E-state index contributed by atoms with van der Waals surface area (Å²) in [6, 6.07) is 8.51. The number of hydrogen-bond donors (Lipinski definition) is 1. The Bertz CT molecular complexity index is 2100. The summed E-state index contributed by atoms with van der Waals surface area (Å²) < 4.78 is 23.4. The van der Waals surface area contributed by atoms with Gasteiger partial charge in [0.05, 0.1) is 39.3 Å². The first-order valence-electron chi connectivity index (χ1n) is 14.5. The molecule has 5 heterocycles. The number of aromatic nitrogens is 4. The van der Waals surface area contributed by atoms with Gasteiger partial charge in [-0.3, -0.25) is 14.3 Å². The molecule has 1 N–H and O–H groups in total. The highest BCUT2D eigenvalue weighted by atomic mass is 35.5. The first-order valence-corrected chi connectivity index (χ1v) is 15.7. The lowest BCUT2D eigenvalue weighted by molar-refractivity contribution is 0.0699. The SMILES string of the molecule is Cc1nc2c(N(C)C3CCN(C)CC3F)ncc(C#N)c2c(=O)n1CCOc1ccc(Cl)cc1-c1ccnc2c(C(=O)O)csc12. The highest BCUT2D eigenvalue weighted by Gasteiger charge is 2.33. The molecule has 14 heteroatoms. The fourth-order valence-corrected chi connectivity index (χ4v) is 7.14. The minimum Gasteiger partial charge on any atom is -0.491 e. The van der Waals surface area contributed by atoms with Gasteiger partial charge in [-0.2, -0.15) is 5.26 Å². The first kappa shape index (κ1) is 31.3. The van der Waals surface area contributed by atoms with Crippen LogP contribution in [0.25, 0.3) is 32.2 Å². The molecule has 11 nitrogen and oxygen atoms in total. The highest BCUT2D eigenvalue weighted by molar-refractivity contribution is 7.18. The molecule has 4 aromatic heterocycles. The van der Waals surface area contributed by atoms with Crippen LogP contribution in [0.15, 0.2) is 46.8 Å². The second-order valence-electron chi connectivity index (χ2n) is 11.2. The van der Waals surface area contributed by atoms with E-state index in [0.717, 1.165) is 6.54 Å². The summed E-state index contributed by atoms with van der Waals surface area (Å²) in [6.45, 7) is 2.89. The molecule has 0 radical (unpaired) electrons. The van der Waals surface area contributed by atoms with Crippen molar-refractivity contribution >= 4 is 55.8 Å². The molecule has 5 aromatic rings. The number of hydrogen-bond acceptors (Lipinski definition) is 10. The number of fused-ring (bicyclic) bond motifs is 2. The van der Waals surface area contributed by atoms with Crippen LogP contribution in [0.4, 0.5) is 10.2 Å². The topological polar surface area (TPSA) is 137 Å². The molecule has 1 aliphatic rings. The van der Waals surface area contributed by atoms with Crippen LogP contribution in [-0.2, 0) is 6.54 Å². The molecular formula is C32H29ClFN7O4S. The van der Waals surface area contributed by atoms with Crippen LogP contribution in [0.2, 0.25) is 5.02 Å². The summed E-state index contributed by atoms with van der Waals surface area (Å²) in [5.41, 5.74) is 1.75. The van der Waals surface area contributed by atoms with E-state index in [1.165, 1.54) is 22.1 Å². The van der Waals surface area contributed by atoms with Crippen LogP contribution in [-0.4, -0.2) is 81.5 Å². The van der Waals surface area contributed by atoms with E-state index in [0.29, 0.717) is 56.7 Å². The van der Waals surface area contributed by atoms with Crippen molar-refractivity contribution in [2.24, 2.45) is 0 Å². The molecule has 236 valence electrons. The van der Waals surface area contributed by atoms with E-state index >= 15 is 4.39 Å². The number of alkyl halides is 1. The van der Waals surface area contributed by atoms with E-state index in [2.05, 4.69) is 16.0 Å². The maximum absolute atomic E-state index is 15.1. The number of likely N-dealkylation sites (tertiary alicyclic amines) is 1. The number of carboxylic acid groups (broad SMARTS) is 1. The van der Waals surface area contributed by atoms with Crippen molar-refractivity contribution in [2.45, 2.75) is 32.1 Å². The highest BCUT2D eigenvalue weighted by Crippen LogP contribution is 2.39. The third-order valence-electron chi connectivity index (χ3n) is 8.31. The fourth-order valence-electron chi connectivity index (χ4n) is 5.94. The number of thiophene rings is 1. The molecule has 2 unspecified atom stereocenters. The Hall–Kier alpha value is -4.64. The zero-order chi connectivity index (χ0) is 32.7. The second kappa shape index (κ2) is 12.6. The Morgan fingerprint density at radius 1 is 1.28 bits per heavy atom. The summed E-state index contributed by atoms with van der Waals surface area (Å²) in [6.07, 6.45) is 2.34. The van der Waals surface area contributed by atoms with Crippen molar-refractivity contribution in [3.05, 3.63) is 74.4 Å². The van der Waals surface area contributed by atoms with E-state index in [9.17, 15) is 20.0 Å². The summed E-state index contributed by atoms with van der Waals surface area (Å²) >= 11 is 7.62. The lowest BCUT2D eigenvalue weighted by Gasteiger charge is -2.38. The number of nitrogens with zero attached hydrogens (tertiary/aromatic N) is 7. The molecule has 1 saturated heterocycles. The molecule has 46 heavy (non-hydrogen) atoms. The largest absolute Gasteiger partial charge is 0.491 e. The number of anilines is 1. The van der Waals surface area contributed by atoms with E-state index in [-0.39, 0.29) is 35.2 Å². The smallest absolute Gasteiger partial charge is 0.338 e. The Balaban J connectivity index is 1.32. The maximum atomic E-state index is 15.1. The van der Waals surface area contributed by atoms with Crippen molar-refractivity contribution in [2.75, 3.05) is 38.7 Å². The molecule has 6 rings (SSSR count). The first-order chi connectivity index (χ1) is 22.1. The van der Waals surface area contributed by atoms with E-state index in [1.807, 2.05) is 11.9 Å². The van der Waals surface area contributed by atoms with Crippen LogP contribution in [0.1, 0.15) is 28.2 Å². The van der Waals surface area contributed by atoms with Crippen LogP contribution in [0, 0.1) is 18.3 Å². The number of carbonyl (C=O) groups is 1. The van der Waals surface area contributed by atoms with E-state index in [4.69, 9.17) is 21.3 Å². The minimum atomic E-state index is -1.12. The van der Waals surface area contributed by atoms with Gasteiger partial charge in [0.1, 0.15) is 35.9 Å². The van der Waals surface area contributed by atoms with Gasteiger partial charge in [0.2, 0.25) is 0 Å². The summed E-state index contributed by atoms with van der Waals surface area (Å²) in [5, 5.41) is 21.5. The van der Waals surface area contributed by atoms with Gasteiger partial charge in [0.25, 0.3) is 5.56 Å². The number of halogens is 2. The number of nitriles is 1. The molecule has 0 saturated carbocycles. The van der Waals surface area contributed by atoms with Gasteiger partial charge in [-0.05, 0) is 44.7 Å². The fraction of sp³-hybridized carbons (Fsp3) is 0.312. The average molecular weight is 662 g/mol. The number of aryl methyl sites for hydroxylation is 1. The zero-order valence-electron chi connectivity index (χ0n) is 25.2. The summed E-state index contributed by atoms with van der Waals surface area (Å²) in [4.78, 5) is 42.7. The van der Waals surface area contributed by atoms with E-state index in [1.54, 1.807) is 54.7 Å². The average Bonchev–Trinajstić information content (AvgIpc) is 3.47. The number of aromatic carboxylic acids is 1. The summed E-state index contributed by atoms with van der Waals surface area (Å²) in [7, 11) is 3.62. The number of rotatable bonds is 8. The zero-order valence-corrected chi connectivity index (χ0v) is 26.8. The van der Waals surface area contributed by atoms with Gasteiger partial charge in [-0.25, -0.2) is 19.2 Å². The van der Waals surface area contributed by atoms with Crippen molar-refractivity contribution in [3.63, 3.8) is 0 Å². The molecule has 0 bridgehead atoms.